The van der Waals surface area contributed by atoms with E-state index in [1.54, 1.807) is 36.5 Å². The molecule has 0 atom stereocenters. The Kier molecular flexibility index (Phi) is 5.53. The molecule has 1 aliphatic heterocycles. The fraction of sp³-hybridized carbons (Fsp3) is 0.190. The number of carboxylic acid groups (broad SMARTS) is 1. The number of rotatable bonds is 6. The third kappa shape index (κ3) is 4.44. The van der Waals surface area contributed by atoms with Crippen molar-refractivity contribution in [2.75, 3.05) is 41.8 Å². The molecule has 0 bridgehead atoms. The third-order valence-electron chi connectivity index (χ3n) is 4.58. The lowest BCUT2D eigenvalue weighted by Crippen LogP contribution is -2.36. The van der Waals surface area contributed by atoms with E-state index in [2.05, 4.69) is 31.6 Å². The quantitative estimate of drug-likeness (QED) is 0.587. The summed E-state index contributed by atoms with van der Waals surface area (Å²) in [5.41, 5.74) is 2.61. The first kappa shape index (κ1) is 18.7. The SMILES string of the molecule is O=C(O)c1ccccc1Nc1ccnc(Nc2ccccc2N2CCOCC2)n1. The van der Waals surface area contributed by atoms with E-state index in [1.165, 1.54) is 0 Å². The molecule has 3 N–H and O–H groups in total. The number of ether oxygens (including phenoxy) is 1. The van der Waals surface area contributed by atoms with Crippen LogP contribution in [-0.2, 0) is 4.74 Å². The predicted molar refractivity (Wildman–Crippen MR) is 111 cm³/mol. The molecule has 8 nitrogen and oxygen atoms in total. The number of aromatic nitrogens is 2. The number of carbonyl (C=O) groups is 1. The number of anilines is 5. The van der Waals surface area contributed by atoms with Gasteiger partial charge in [0, 0.05) is 19.3 Å². The molecule has 1 fully saturated rings. The van der Waals surface area contributed by atoms with E-state index in [4.69, 9.17) is 4.74 Å². The van der Waals surface area contributed by atoms with Crippen LogP contribution in [0.3, 0.4) is 0 Å². The van der Waals surface area contributed by atoms with Gasteiger partial charge in [-0.25, -0.2) is 9.78 Å². The monoisotopic (exact) mass is 391 g/mol. The highest BCUT2D eigenvalue weighted by Crippen LogP contribution is 2.28. The van der Waals surface area contributed by atoms with E-state index < -0.39 is 5.97 Å². The Hall–Kier alpha value is -3.65. The molecule has 3 aromatic rings. The summed E-state index contributed by atoms with van der Waals surface area (Å²) < 4.78 is 5.44. The van der Waals surface area contributed by atoms with Crippen LogP contribution in [-0.4, -0.2) is 47.3 Å². The molecule has 0 spiro atoms. The molecule has 0 saturated carbocycles. The first-order valence-electron chi connectivity index (χ1n) is 9.32. The van der Waals surface area contributed by atoms with Gasteiger partial charge in [-0.1, -0.05) is 24.3 Å². The zero-order valence-corrected chi connectivity index (χ0v) is 15.7. The lowest BCUT2D eigenvalue weighted by molar-refractivity contribution is 0.0698. The summed E-state index contributed by atoms with van der Waals surface area (Å²) in [6, 6.07) is 16.4. The van der Waals surface area contributed by atoms with Crippen LogP contribution < -0.4 is 15.5 Å². The van der Waals surface area contributed by atoms with Crippen molar-refractivity contribution in [2.24, 2.45) is 0 Å². The van der Waals surface area contributed by atoms with E-state index >= 15 is 0 Å². The molecule has 0 radical (unpaired) electrons. The van der Waals surface area contributed by atoms with E-state index in [-0.39, 0.29) is 5.56 Å². The van der Waals surface area contributed by atoms with Gasteiger partial charge in [0.15, 0.2) is 0 Å². The first-order chi connectivity index (χ1) is 14.2. The molecule has 1 aromatic heterocycles. The summed E-state index contributed by atoms with van der Waals surface area (Å²) in [5, 5.41) is 15.7. The number of hydrogen-bond donors (Lipinski definition) is 3. The van der Waals surface area contributed by atoms with Crippen molar-refractivity contribution in [3.05, 3.63) is 66.4 Å². The van der Waals surface area contributed by atoms with Crippen molar-refractivity contribution in [3.63, 3.8) is 0 Å². The Bertz CT molecular complexity index is 1000. The maximum Gasteiger partial charge on any atom is 0.337 e. The highest BCUT2D eigenvalue weighted by molar-refractivity contribution is 5.95. The van der Waals surface area contributed by atoms with Crippen molar-refractivity contribution in [3.8, 4) is 0 Å². The Labute approximate surface area is 168 Å². The van der Waals surface area contributed by atoms with Gasteiger partial charge in [-0.05, 0) is 30.3 Å². The number of hydrogen-bond acceptors (Lipinski definition) is 7. The number of aromatic carboxylic acids is 1. The van der Waals surface area contributed by atoms with Crippen molar-refractivity contribution in [2.45, 2.75) is 0 Å². The highest BCUT2D eigenvalue weighted by atomic mass is 16.5. The van der Waals surface area contributed by atoms with Crippen LogP contribution in [0, 0.1) is 0 Å². The summed E-state index contributed by atoms with van der Waals surface area (Å²) in [5.74, 6) is -0.0801. The molecule has 0 unspecified atom stereocenters. The molecule has 2 heterocycles. The van der Waals surface area contributed by atoms with Gasteiger partial charge in [-0.15, -0.1) is 0 Å². The third-order valence-corrected chi connectivity index (χ3v) is 4.58. The van der Waals surface area contributed by atoms with Crippen molar-refractivity contribution >= 4 is 34.8 Å². The summed E-state index contributed by atoms with van der Waals surface area (Å²) >= 11 is 0. The average molecular weight is 391 g/mol. The number of benzene rings is 2. The number of nitrogens with zero attached hydrogens (tertiary/aromatic N) is 3. The molecule has 0 amide bonds. The number of para-hydroxylation sites is 3. The molecule has 1 saturated heterocycles. The number of carboxylic acids is 1. The van der Waals surface area contributed by atoms with Gasteiger partial charge in [0.1, 0.15) is 5.82 Å². The molecular formula is C21H21N5O3. The molecular weight excluding hydrogens is 370 g/mol. The topological polar surface area (TPSA) is 99.6 Å². The van der Waals surface area contributed by atoms with Crippen LogP contribution in [0.5, 0.6) is 0 Å². The van der Waals surface area contributed by atoms with E-state index in [1.807, 2.05) is 18.2 Å². The van der Waals surface area contributed by atoms with Crippen LogP contribution >= 0.6 is 0 Å². The number of morpholine rings is 1. The predicted octanol–water partition coefficient (Wildman–Crippen LogP) is 3.50. The molecule has 8 heteroatoms. The zero-order valence-electron chi connectivity index (χ0n) is 15.7. The number of nitrogens with one attached hydrogen (secondary N) is 2. The standard InChI is InChI=1S/C21H21N5O3/c27-20(28)15-5-1-2-6-16(15)23-19-9-10-22-21(25-19)24-17-7-3-4-8-18(17)26-11-13-29-14-12-26/h1-10H,11-14H2,(H,27,28)(H2,22,23,24,25). The minimum Gasteiger partial charge on any atom is -0.478 e. The van der Waals surface area contributed by atoms with E-state index in [0.717, 1.165) is 24.5 Å². The van der Waals surface area contributed by atoms with Gasteiger partial charge in [0.05, 0.1) is 35.8 Å². The maximum absolute atomic E-state index is 11.4. The zero-order chi connectivity index (χ0) is 20.1. The van der Waals surface area contributed by atoms with Gasteiger partial charge >= 0.3 is 5.97 Å². The summed E-state index contributed by atoms with van der Waals surface area (Å²) in [4.78, 5) is 22.4. The molecule has 1 aliphatic rings. The van der Waals surface area contributed by atoms with E-state index in [0.29, 0.717) is 30.7 Å². The normalized spacial score (nSPS) is 13.7. The fourth-order valence-electron chi connectivity index (χ4n) is 3.18. The van der Waals surface area contributed by atoms with Gasteiger partial charge in [0.2, 0.25) is 5.95 Å². The Morgan fingerprint density at radius 1 is 0.966 bits per heavy atom. The minimum atomic E-state index is -1.00. The second-order valence-electron chi connectivity index (χ2n) is 6.48. The molecule has 4 rings (SSSR count). The van der Waals surface area contributed by atoms with Crippen LogP contribution in [0.25, 0.3) is 0 Å². The highest BCUT2D eigenvalue weighted by Gasteiger charge is 2.15. The second-order valence-corrected chi connectivity index (χ2v) is 6.48. The second kappa shape index (κ2) is 8.57. The van der Waals surface area contributed by atoms with Crippen molar-refractivity contribution < 1.29 is 14.6 Å². The summed E-state index contributed by atoms with van der Waals surface area (Å²) in [6.07, 6.45) is 1.62. The minimum absolute atomic E-state index is 0.179. The Morgan fingerprint density at radius 3 is 2.48 bits per heavy atom. The fourth-order valence-corrected chi connectivity index (χ4v) is 3.18. The molecule has 0 aliphatic carbocycles. The lowest BCUT2D eigenvalue weighted by atomic mass is 10.2. The average Bonchev–Trinajstić information content (AvgIpc) is 2.75. The lowest BCUT2D eigenvalue weighted by Gasteiger charge is -2.30. The van der Waals surface area contributed by atoms with Crippen LogP contribution in [0.1, 0.15) is 10.4 Å². The van der Waals surface area contributed by atoms with Gasteiger partial charge in [-0.2, -0.15) is 4.98 Å². The Morgan fingerprint density at radius 2 is 1.69 bits per heavy atom. The molecule has 2 aromatic carbocycles. The largest absolute Gasteiger partial charge is 0.478 e. The van der Waals surface area contributed by atoms with Gasteiger partial charge in [0.25, 0.3) is 0 Å². The van der Waals surface area contributed by atoms with E-state index in [9.17, 15) is 9.90 Å². The Balaban J connectivity index is 1.56. The van der Waals surface area contributed by atoms with Crippen molar-refractivity contribution in [1.29, 1.82) is 0 Å². The van der Waals surface area contributed by atoms with Crippen molar-refractivity contribution in [1.82, 2.24) is 9.97 Å². The van der Waals surface area contributed by atoms with Crippen LogP contribution in [0.4, 0.5) is 28.8 Å². The van der Waals surface area contributed by atoms with Gasteiger partial charge in [-0.3, -0.25) is 0 Å². The molecule has 148 valence electrons. The summed E-state index contributed by atoms with van der Waals surface area (Å²) in [6.45, 7) is 3.06. The smallest absolute Gasteiger partial charge is 0.337 e. The molecule has 29 heavy (non-hydrogen) atoms. The van der Waals surface area contributed by atoms with Crippen LogP contribution in [0.15, 0.2) is 60.8 Å². The maximum atomic E-state index is 11.4. The van der Waals surface area contributed by atoms with Gasteiger partial charge < -0.3 is 25.4 Å². The first-order valence-corrected chi connectivity index (χ1v) is 9.32. The van der Waals surface area contributed by atoms with Crippen LogP contribution in [0.2, 0.25) is 0 Å². The summed E-state index contributed by atoms with van der Waals surface area (Å²) in [7, 11) is 0.